The third-order valence-electron chi connectivity index (χ3n) is 5.35. The van der Waals surface area contributed by atoms with Crippen molar-refractivity contribution in [3.63, 3.8) is 0 Å². The lowest BCUT2D eigenvalue weighted by atomic mass is 9.89. The van der Waals surface area contributed by atoms with Crippen LogP contribution in [0, 0.1) is 12.7 Å². The van der Waals surface area contributed by atoms with E-state index in [0.29, 0.717) is 37.0 Å². The Hall–Kier alpha value is -3.06. The molecule has 0 N–H and O–H groups in total. The number of likely N-dealkylation sites (tertiary alicyclic amines) is 1. The fraction of sp³-hybridized carbons (Fsp3) is 0.348. The van der Waals surface area contributed by atoms with Crippen LogP contribution in [-0.4, -0.2) is 41.0 Å². The van der Waals surface area contributed by atoms with Crippen molar-refractivity contribution in [2.75, 3.05) is 20.2 Å². The third-order valence-corrected chi connectivity index (χ3v) is 5.35. The lowest BCUT2D eigenvalue weighted by molar-refractivity contribution is 0.0666. The number of piperidine rings is 1. The number of carbonyl (C=O) groups excluding carboxylic acids is 1. The van der Waals surface area contributed by atoms with Gasteiger partial charge in [-0.2, -0.15) is 0 Å². The number of ether oxygens (including phenoxy) is 1. The molecule has 1 aliphatic heterocycles. The van der Waals surface area contributed by atoms with Gasteiger partial charge in [0.05, 0.1) is 5.69 Å². The molecule has 4 rings (SSSR count). The second-order valence-electron chi connectivity index (χ2n) is 7.51. The highest BCUT2D eigenvalue weighted by molar-refractivity contribution is 5.91. The molecule has 1 aromatic carbocycles. The van der Waals surface area contributed by atoms with Gasteiger partial charge in [-0.3, -0.25) is 4.79 Å². The standard InChI is InChI=1S/C23H24FN3O3/c1-15-25-12-20(16-5-7-18(24)8-6-16)22(26-15)17-4-3-11-27(13-17)23(28)21-10-9-19(30-21)14-29-2/h5-10,12,17H,3-4,11,13-14H2,1-2H3. The summed E-state index contributed by atoms with van der Waals surface area (Å²) in [6, 6.07) is 9.80. The Morgan fingerprint density at radius 3 is 2.83 bits per heavy atom. The summed E-state index contributed by atoms with van der Waals surface area (Å²) in [6.07, 6.45) is 3.57. The minimum absolute atomic E-state index is 0.0675. The van der Waals surface area contributed by atoms with Gasteiger partial charge in [0.1, 0.15) is 24.0 Å². The quantitative estimate of drug-likeness (QED) is 0.627. The number of furan rings is 1. The molecule has 2 aromatic heterocycles. The Labute approximate surface area is 174 Å². The first-order valence-corrected chi connectivity index (χ1v) is 10.0. The summed E-state index contributed by atoms with van der Waals surface area (Å²) in [6.45, 7) is 3.40. The summed E-state index contributed by atoms with van der Waals surface area (Å²) in [7, 11) is 1.58. The molecule has 30 heavy (non-hydrogen) atoms. The Kier molecular flexibility index (Phi) is 5.90. The van der Waals surface area contributed by atoms with E-state index in [1.807, 2.05) is 11.8 Å². The van der Waals surface area contributed by atoms with Crippen LogP contribution in [-0.2, 0) is 11.3 Å². The van der Waals surface area contributed by atoms with E-state index in [9.17, 15) is 9.18 Å². The number of aryl methyl sites for hydroxylation is 1. The SMILES string of the molecule is COCc1ccc(C(=O)N2CCCC(c3nc(C)ncc3-c3ccc(F)cc3)C2)o1. The summed E-state index contributed by atoms with van der Waals surface area (Å²) in [4.78, 5) is 23.8. The minimum Gasteiger partial charge on any atom is -0.453 e. The van der Waals surface area contributed by atoms with Gasteiger partial charge in [0.15, 0.2) is 5.76 Å². The maximum atomic E-state index is 13.4. The molecule has 3 aromatic rings. The van der Waals surface area contributed by atoms with E-state index in [4.69, 9.17) is 14.1 Å². The highest BCUT2D eigenvalue weighted by atomic mass is 19.1. The molecule has 6 nitrogen and oxygen atoms in total. The van der Waals surface area contributed by atoms with Crippen molar-refractivity contribution >= 4 is 5.91 Å². The van der Waals surface area contributed by atoms with Gasteiger partial charge >= 0.3 is 0 Å². The van der Waals surface area contributed by atoms with E-state index in [2.05, 4.69) is 4.98 Å². The molecule has 3 heterocycles. The largest absolute Gasteiger partial charge is 0.453 e. The van der Waals surface area contributed by atoms with Crippen molar-refractivity contribution in [2.45, 2.75) is 32.3 Å². The summed E-state index contributed by atoms with van der Waals surface area (Å²) in [5, 5.41) is 0. The highest BCUT2D eigenvalue weighted by Crippen LogP contribution is 2.33. The minimum atomic E-state index is -0.283. The van der Waals surface area contributed by atoms with Gasteiger partial charge in [-0.15, -0.1) is 0 Å². The molecular weight excluding hydrogens is 385 g/mol. The molecule has 0 bridgehead atoms. The number of rotatable bonds is 5. The lowest BCUT2D eigenvalue weighted by Gasteiger charge is -2.32. The number of methoxy groups -OCH3 is 1. The first-order valence-electron chi connectivity index (χ1n) is 10.0. The number of aromatic nitrogens is 2. The van der Waals surface area contributed by atoms with Crippen molar-refractivity contribution < 1.29 is 18.3 Å². The van der Waals surface area contributed by atoms with Crippen molar-refractivity contribution in [2.24, 2.45) is 0 Å². The number of halogens is 1. The van der Waals surface area contributed by atoms with E-state index in [1.54, 1.807) is 37.6 Å². The van der Waals surface area contributed by atoms with E-state index in [1.165, 1.54) is 12.1 Å². The lowest BCUT2D eigenvalue weighted by Crippen LogP contribution is -2.39. The van der Waals surface area contributed by atoms with Gasteiger partial charge < -0.3 is 14.1 Å². The molecule has 156 valence electrons. The zero-order chi connectivity index (χ0) is 21.1. The molecule has 1 atom stereocenters. The van der Waals surface area contributed by atoms with Crippen molar-refractivity contribution in [1.82, 2.24) is 14.9 Å². The van der Waals surface area contributed by atoms with Gasteiger partial charge in [0.2, 0.25) is 0 Å². The molecular formula is C23H24FN3O3. The van der Waals surface area contributed by atoms with Crippen LogP contribution in [0.4, 0.5) is 4.39 Å². The van der Waals surface area contributed by atoms with Crippen LogP contribution >= 0.6 is 0 Å². The molecule has 0 spiro atoms. The number of carbonyl (C=O) groups is 1. The third kappa shape index (κ3) is 4.26. The van der Waals surface area contributed by atoms with Crippen LogP contribution in [0.15, 0.2) is 47.0 Å². The second kappa shape index (κ2) is 8.75. The number of nitrogens with zero attached hydrogens (tertiary/aromatic N) is 3. The summed E-state index contributed by atoms with van der Waals surface area (Å²) in [5.41, 5.74) is 2.64. The Morgan fingerprint density at radius 1 is 1.27 bits per heavy atom. The summed E-state index contributed by atoms with van der Waals surface area (Å²) in [5.74, 6) is 1.28. The smallest absolute Gasteiger partial charge is 0.289 e. The first kappa shape index (κ1) is 20.2. The van der Waals surface area contributed by atoms with E-state index in [-0.39, 0.29) is 17.6 Å². The summed E-state index contributed by atoms with van der Waals surface area (Å²) < 4.78 is 24.1. The van der Waals surface area contributed by atoms with Crippen LogP contribution in [0.25, 0.3) is 11.1 Å². The summed E-state index contributed by atoms with van der Waals surface area (Å²) >= 11 is 0. The second-order valence-corrected chi connectivity index (χ2v) is 7.51. The number of hydrogen-bond acceptors (Lipinski definition) is 5. The zero-order valence-corrected chi connectivity index (χ0v) is 17.1. The molecule has 1 aliphatic rings. The van der Waals surface area contributed by atoms with Crippen molar-refractivity contribution in [3.8, 4) is 11.1 Å². The fourth-order valence-corrected chi connectivity index (χ4v) is 3.90. The molecule has 1 unspecified atom stereocenters. The van der Waals surface area contributed by atoms with E-state index in [0.717, 1.165) is 29.7 Å². The molecule has 1 amide bonds. The van der Waals surface area contributed by atoms with Gasteiger partial charge in [-0.1, -0.05) is 12.1 Å². The molecule has 0 saturated carbocycles. The first-order chi connectivity index (χ1) is 14.5. The fourth-order valence-electron chi connectivity index (χ4n) is 3.90. The van der Waals surface area contributed by atoms with Gasteiger partial charge in [0.25, 0.3) is 5.91 Å². The van der Waals surface area contributed by atoms with Crippen molar-refractivity contribution in [1.29, 1.82) is 0 Å². The normalized spacial score (nSPS) is 16.6. The Bertz CT molecular complexity index is 1030. The number of hydrogen-bond donors (Lipinski definition) is 0. The van der Waals surface area contributed by atoms with Crippen LogP contribution in [0.3, 0.4) is 0 Å². The average Bonchev–Trinajstić information content (AvgIpc) is 3.23. The highest BCUT2D eigenvalue weighted by Gasteiger charge is 2.29. The monoisotopic (exact) mass is 409 g/mol. The van der Waals surface area contributed by atoms with Crippen LogP contribution < -0.4 is 0 Å². The average molecular weight is 409 g/mol. The van der Waals surface area contributed by atoms with Gasteiger partial charge in [0, 0.05) is 37.9 Å². The number of benzene rings is 1. The van der Waals surface area contributed by atoms with E-state index >= 15 is 0 Å². The predicted molar refractivity (Wildman–Crippen MR) is 109 cm³/mol. The number of amides is 1. The molecule has 7 heteroatoms. The molecule has 0 aliphatic carbocycles. The van der Waals surface area contributed by atoms with Crippen molar-refractivity contribution in [3.05, 3.63) is 71.5 Å². The Balaban J connectivity index is 1.59. The predicted octanol–water partition coefficient (Wildman–Crippen LogP) is 4.35. The van der Waals surface area contributed by atoms with Gasteiger partial charge in [-0.25, -0.2) is 14.4 Å². The maximum absolute atomic E-state index is 13.4. The maximum Gasteiger partial charge on any atom is 0.289 e. The molecule has 0 radical (unpaired) electrons. The van der Waals surface area contributed by atoms with Crippen LogP contribution in [0.5, 0.6) is 0 Å². The molecule has 1 fully saturated rings. The van der Waals surface area contributed by atoms with Gasteiger partial charge in [-0.05, 0) is 49.6 Å². The molecule has 1 saturated heterocycles. The van der Waals surface area contributed by atoms with Crippen LogP contribution in [0.1, 0.15) is 46.6 Å². The van der Waals surface area contributed by atoms with Crippen LogP contribution in [0.2, 0.25) is 0 Å². The topological polar surface area (TPSA) is 68.5 Å². The zero-order valence-electron chi connectivity index (χ0n) is 17.1. The Morgan fingerprint density at radius 2 is 2.07 bits per heavy atom. The van der Waals surface area contributed by atoms with E-state index < -0.39 is 0 Å².